The standard InChI is InChI=1S/C44H45Cl3N4O14S3/c1-19-16-43(3,4)49-35-21(19)14-23-29(24-15-22-20(2)17-44(5,6)50-36(22)41(68(61,62)63)38(24)64-37(23)40(35)67(58,59)60)30-31(42(56)57)32(45)34(47)39(33(30)46)66-18-25(52)48-13-9-7-8-10-28(55)65-51-26(53)11-12-27(51)54/h11-12,14-15,19-20,49H,7-10,13,16-18H2,1-6H3,(H,48,52)(H,56,57)(H,58,59,60)(H,61,62,63)/p+1. The van der Waals surface area contributed by atoms with Gasteiger partial charge >= 0.3 is 17.8 Å². The van der Waals surface area contributed by atoms with Gasteiger partial charge in [0.25, 0.3) is 32.1 Å². The zero-order valence-electron chi connectivity index (χ0n) is 37.2. The third-order valence-electron chi connectivity index (χ3n) is 11.8. The molecule has 24 heteroatoms. The van der Waals surface area contributed by atoms with Gasteiger partial charge in [-0.15, -0.1) is 11.8 Å². The quantitative estimate of drug-likeness (QED) is 0.0164. The van der Waals surface area contributed by atoms with Crippen molar-refractivity contribution in [2.75, 3.05) is 17.6 Å². The Kier molecular flexibility index (Phi) is 13.9. The number of unbranched alkanes of at least 4 members (excludes halogenated alkanes) is 2. The molecule has 6 N–H and O–H groups in total. The molecule has 0 aromatic heterocycles. The lowest BCUT2D eigenvalue weighted by atomic mass is 9.79. The maximum atomic E-state index is 13.7. The molecule has 0 bridgehead atoms. The number of thioether (sulfide) groups is 1. The van der Waals surface area contributed by atoms with Gasteiger partial charge in [0.2, 0.25) is 0 Å². The Bertz CT molecular complexity index is 3160. The van der Waals surface area contributed by atoms with E-state index in [1.54, 1.807) is 19.9 Å². The molecule has 4 aliphatic rings. The number of carboxylic acids is 1. The Hall–Kier alpha value is -4.74. The minimum Gasteiger partial charge on any atom is -0.478 e. The van der Waals surface area contributed by atoms with Gasteiger partial charge < -0.3 is 25.1 Å². The fourth-order valence-electron chi connectivity index (χ4n) is 9.19. The number of nitrogens with zero attached hydrogens (tertiary/aromatic N) is 2. The summed E-state index contributed by atoms with van der Waals surface area (Å²) in [6.07, 6.45) is 4.01. The summed E-state index contributed by atoms with van der Waals surface area (Å²) in [5, 5.41) is 23.8. The monoisotopic (exact) mass is 1060 g/mol. The zero-order valence-corrected chi connectivity index (χ0v) is 42.0. The summed E-state index contributed by atoms with van der Waals surface area (Å²) >= 11 is 21.7. The normalized spacial score (nSPS) is 19.3. The van der Waals surface area contributed by atoms with Gasteiger partial charge in [0, 0.05) is 57.3 Å². The number of carbonyl (C=O) groups is 4. The smallest absolute Gasteiger partial charge is 0.342 e. The number of rotatable bonds is 14. The average Bonchev–Trinajstić information content (AvgIpc) is 3.51. The molecule has 3 aromatic rings. The number of hydrogen-bond acceptors (Lipinski definition) is 13. The first kappa shape index (κ1) is 51.1. The van der Waals surface area contributed by atoms with Crippen LogP contribution < -0.4 is 25.6 Å². The Morgan fingerprint density at radius 1 is 0.897 bits per heavy atom. The van der Waals surface area contributed by atoms with E-state index in [1.165, 1.54) is 6.07 Å². The van der Waals surface area contributed by atoms with E-state index in [2.05, 4.69) is 10.3 Å². The van der Waals surface area contributed by atoms with Crippen molar-refractivity contribution in [3.05, 3.63) is 77.7 Å². The fraction of sp³-hybridized carbons (Fsp3) is 0.409. The van der Waals surface area contributed by atoms with E-state index in [4.69, 9.17) is 49.4 Å². The second kappa shape index (κ2) is 18.5. The number of ether oxygens (including phenoxy) is 1. The van der Waals surface area contributed by atoms with Gasteiger partial charge in [0.1, 0.15) is 12.3 Å². The van der Waals surface area contributed by atoms with Crippen molar-refractivity contribution in [1.82, 2.24) is 5.06 Å². The van der Waals surface area contributed by atoms with E-state index < -0.39 is 92.9 Å². The van der Waals surface area contributed by atoms with Crippen molar-refractivity contribution >= 4 is 108 Å². The molecule has 2 atom stereocenters. The van der Waals surface area contributed by atoms with Crippen molar-refractivity contribution < 1.29 is 69.9 Å². The molecule has 0 spiro atoms. The van der Waals surface area contributed by atoms with Crippen molar-refractivity contribution in [2.24, 2.45) is 4.99 Å². The van der Waals surface area contributed by atoms with Crippen LogP contribution in [0.4, 0.5) is 5.69 Å². The van der Waals surface area contributed by atoms with E-state index in [9.17, 15) is 55.3 Å². The molecule has 0 saturated heterocycles. The summed E-state index contributed by atoms with van der Waals surface area (Å²) in [6, 6.07) is 3.07. The van der Waals surface area contributed by atoms with Gasteiger partial charge in [0.15, 0.2) is 21.3 Å². The first-order valence-electron chi connectivity index (χ1n) is 21.1. The van der Waals surface area contributed by atoms with Crippen LogP contribution in [0.2, 0.25) is 15.1 Å². The number of imide groups is 1. The first-order valence-corrected chi connectivity index (χ1v) is 26.1. The minimum absolute atomic E-state index is 0.0414. The van der Waals surface area contributed by atoms with Gasteiger partial charge in [-0.3, -0.25) is 23.7 Å². The van der Waals surface area contributed by atoms with Crippen LogP contribution in [0.3, 0.4) is 0 Å². The van der Waals surface area contributed by atoms with Crippen LogP contribution in [0.5, 0.6) is 11.5 Å². The topological polar surface area (TPSA) is 278 Å². The Balaban J connectivity index is 1.38. The van der Waals surface area contributed by atoms with E-state index in [1.807, 2.05) is 27.7 Å². The number of halogens is 3. The second-order valence-corrected chi connectivity index (χ2v) is 23.0. The molecule has 4 aliphatic heterocycles. The van der Waals surface area contributed by atoms with Crippen LogP contribution in [0, 0.1) is 0 Å². The van der Waals surface area contributed by atoms with Gasteiger partial charge in [-0.25, -0.2) is 14.6 Å². The Labute approximate surface area is 409 Å². The van der Waals surface area contributed by atoms with Gasteiger partial charge in [0.05, 0.1) is 37.2 Å². The summed E-state index contributed by atoms with van der Waals surface area (Å²) < 4.78 is 83.1. The van der Waals surface area contributed by atoms with E-state index in [0.29, 0.717) is 48.3 Å². The van der Waals surface area contributed by atoms with Crippen LogP contribution in [-0.2, 0) is 39.5 Å². The van der Waals surface area contributed by atoms with E-state index in [-0.39, 0.29) is 78.4 Å². The predicted molar refractivity (Wildman–Crippen MR) is 251 cm³/mol. The van der Waals surface area contributed by atoms with E-state index >= 15 is 0 Å². The number of carbonyl (C=O) groups excluding carboxylic acids is 3. The second-order valence-electron chi connectivity index (χ2n) is 18.2. The zero-order chi connectivity index (χ0) is 50.2. The number of fused-ring (bicyclic) bond motifs is 4. The molecule has 18 nitrogen and oxygen atoms in total. The Morgan fingerprint density at radius 3 is 2.15 bits per heavy atom. The molecular formula is C44H46Cl3N4O14S3+. The minimum atomic E-state index is -5.31. The van der Waals surface area contributed by atoms with Crippen molar-refractivity contribution in [3.63, 3.8) is 0 Å². The molecule has 3 aromatic carbocycles. The summed E-state index contributed by atoms with van der Waals surface area (Å²) in [6.45, 7) is 11.0. The van der Waals surface area contributed by atoms with Crippen molar-refractivity contribution in [3.8, 4) is 11.5 Å². The number of hydroxylamine groups is 2. The summed E-state index contributed by atoms with van der Waals surface area (Å²) in [7, 11) is -10.6. The summed E-state index contributed by atoms with van der Waals surface area (Å²) in [5.74, 6) is -6.51. The van der Waals surface area contributed by atoms with Gasteiger partial charge in [-0.05, 0) is 88.5 Å². The molecular weight excluding hydrogens is 1010 g/mol. The maximum Gasteiger partial charge on any atom is 0.342 e. The molecule has 7 rings (SSSR count). The van der Waals surface area contributed by atoms with Crippen molar-refractivity contribution in [2.45, 2.75) is 118 Å². The number of hydrogen-bond donors (Lipinski definition) is 6. The third-order valence-corrected chi connectivity index (χ3v) is 16.1. The van der Waals surface area contributed by atoms with Crippen LogP contribution in [0.1, 0.15) is 125 Å². The summed E-state index contributed by atoms with van der Waals surface area (Å²) in [5.41, 5.74) is -2.29. The number of anilines is 1. The lowest BCUT2D eigenvalue weighted by molar-refractivity contribution is -0.467. The molecule has 68 heavy (non-hydrogen) atoms. The van der Waals surface area contributed by atoms with Crippen molar-refractivity contribution in [1.29, 1.82) is 0 Å². The maximum absolute atomic E-state index is 13.7. The Morgan fingerprint density at radius 2 is 1.53 bits per heavy atom. The predicted octanol–water partition coefficient (Wildman–Crippen LogP) is 5.87. The number of nitrogens with one attached hydrogen (secondary N) is 2. The molecule has 0 aliphatic carbocycles. The molecule has 2 amide bonds. The molecule has 0 radical (unpaired) electrons. The number of aliphatic hydroxyl groups excluding tert-OH is 1. The van der Waals surface area contributed by atoms with Crippen LogP contribution in [-0.4, -0.2) is 94.2 Å². The first-order chi connectivity index (χ1) is 31.5. The van der Waals surface area contributed by atoms with Gasteiger partial charge in [-0.1, -0.05) is 53.7 Å². The highest BCUT2D eigenvalue weighted by molar-refractivity contribution is 8.00. The van der Waals surface area contributed by atoms with Crippen LogP contribution in [0.15, 0.2) is 44.0 Å². The molecule has 364 valence electrons. The molecule has 0 saturated carbocycles. The summed E-state index contributed by atoms with van der Waals surface area (Å²) in [4.78, 5) is 59.5. The number of amides is 2. The SMILES string of the molecule is CC1CC(C)(C)Nc2c1cc1c(c2S(=O)(=O)O)Oc2c(S(=O)(=O)O)c3c(cc2=C1c1c(Cl)c(SCC(O)=[NH+]CCCCCC(=O)ON2C(=O)C=CC2=O)c(Cl)c(Cl)c1C(=O)O)C(C)CC(C)(C)N=3. The lowest BCUT2D eigenvalue weighted by Crippen LogP contribution is -2.73. The molecule has 4 heterocycles. The fourth-order valence-corrected chi connectivity index (χ4v) is 12.8. The highest BCUT2D eigenvalue weighted by Gasteiger charge is 2.43. The lowest BCUT2D eigenvalue weighted by Gasteiger charge is -2.40. The van der Waals surface area contributed by atoms with E-state index in [0.717, 1.165) is 23.9 Å². The highest BCUT2D eigenvalue weighted by Crippen LogP contribution is 2.54. The number of aliphatic hydroxyl groups is 1. The van der Waals surface area contributed by atoms with Crippen LogP contribution >= 0.6 is 46.6 Å². The average molecular weight is 1060 g/mol. The highest BCUT2D eigenvalue weighted by atomic mass is 35.5. The molecule has 0 fully saturated rings. The third kappa shape index (κ3) is 9.85. The molecule has 2 unspecified atom stereocenters. The van der Waals surface area contributed by atoms with Crippen LogP contribution in [0.25, 0.3) is 5.57 Å². The van der Waals surface area contributed by atoms with Gasteiger partial charge in [-0.2, -0.15) is 16.8 Å². The number of carboxylic acid groups (broad SMARTS) is 1. The number of aromatic carboxylic acids is 1. The largest absolute Gasteiger partial charge is 0.478 e. The number of benzene rings is 3.